The summed E-state index contributed by atoms with van der Waals surface area (Å²) in [6, 6.07) is 3.83. The molecule has 1 aromatic rings. The molecule has 1 aromatic heterocycles. The molecule has 2 rings (SSSR count). The monoisotopic (exact) mass is 162 g/mol. The van der Waals surface area contributed by atoms with Crippen LogP contribution in [0, 0.1) is 0 Å². The van der Waals surface area contributed by atoms with Crippen molar-refractivity contribution < 1.29 is 5.21 Å². The third-order valence-corrected chi connectivity index (χ3v) is 2.15. The molecule has 0 radical (unpaired) electrons. The minimum atomic E-state index is 0.768. The van der Waals surface area contributed by atoms with E-state index in [1.165, 1.54) is 0 Å². The van der Waals surface area contributed by atoms with Crippen LogP contribution < -0.4 is 0 Å². The van der Waals surface area contributed by atoms with E-state index < -0.39 is 0 Å². The largest absolute Gasteiger partial charge is 0.411 e. The second-order valence-electron chi connectivity index (χ2n) is 2.90. The van der Waals surface area contributed by atoms with Crippen molar-refractivity contribution in [1.82, 2.24) is 4.98 Å². The molecular weight excluding hydrogens is 152 g/mol. The summed E-state index contributed by atoms with van der Waals surface area (Å²) in [6.45, 7) is 0. The van der Waals surface area contributed by atoms with E-state index in [1.54, 1.807) is 6.20 Å². The van der Waals surface area contributed by atoms with Gasteiger partial charge in [0.1, 0.15) is 0 Å². The fourth-order valence-electron chi connectivity index (χ4n) is 1.56. The second kappa shape index (κ2) is 2.93. The molecule has 1 heterocycles. The van der Waals surface area contributed by atoms with Gasteiger partial charge in [0.15, 0.2) is 0 Å². The fourth-order valence-corrected chi connectivity index (χ4v) is 1.56. The number of nitrogens with zero attached hydrogens (tertiary/aromatic N) is 2. The highest BCUT2D eigenvalue weighted by molar-refractivity contribution is 6.01. The molecule has 3 nitrogen and oxygen atoms in total. The summed E-state index contributed by atoms with van der Waals surface area (Å²) in [5.74, 6) is 0. The van der Waals surface area contributed by atoms with Crippen LogP contribution in [-0.4, -0.2) is 15.9 Å². The average Bonchev–Trinajstić information content (AvgIpc) is 2.17. The zero-order valence-electron chi connectivity index (χ0n) is 6.70. The van der Waals surface area contributed by atoms with E-state index in [1.807, 2.05) is 12.1 Å². The molecule has 0 atom stereocenters. The Balaban J connectivity index is 2.51. The van der Waals surface area contributed by atoms with Gasteiger partial charge in [0.2, 0.25) is 0 Å². The zero-order valence-corrected chi connectivity index (χ0v) is 6.70. The maximum absolute atomic E-state index is 8.70. The standard InChI is InChI=1S/C9H10N2O/c12-11-9-5-1-4-8-7(9)3-2-6-10-8/h2-3,6,12H,1,4-5H2/b11-9-. The zero-order chi connectivity index (χ0) is 8.39. The lowest BCUT2D eigenvalue weighted by Gasteiger charge is -2.14. The molecular formula is C9H10N2O. The van der Waals surface area contributed by atoms with Crippen molar-refractivity contribution in [3.63, 3.8) is 0 Å². The molecule has 0 spiro atoms. The molecule has 1 N–H and O–H groups in total. The Kier molecular flexibility index (Phi) is 1.78. The van der Waals surface area contributed by atoms with Crippen LogP contribution in [0.15, 0.2) is 23.5 Å². The van der Waals surface area contributed by atoms with Gasteiger partial charge >= 0.3 is 0 Å². The van der Waals surface area contributed by atoms with Gasteiger partial charge < -0.3 is 5.21 Å². The lowest BCUT2D eigenvalue weighted by Crippen LogP contribution is -2.12. The van der Waals surface area contributed by atoms with Crippen LogP contribution in [0.5, 0.6) is 0 Å². The van der Waals surface area contributed by atoms with E-state index in [0.717, 1.165) is 36.2 Å². The van der Waals surface area contributed by atoms with Crippen LogP contribution in [0.25, 0.3) is 0 Å². The first-order valence-electron chi connectivity index (χ1n) is 4.07. The van der Waals surface area contributed by atoms with Gasteiger partial charge in [0.25, 0.3) is 0 Å². The number of pyridine rings is 1. The maximum Gasteiger partial charge on any atom is 0.0886 e. The number of hydrogen-bond donors (Lipinski definition) is 1. The fraction of sp³-hybridized carbons (Fsp3) is 0.333. The van der Waals surface area contributed by atoms with E-state index in [9.17, 15) is 0 Å². The van der Waals surface area contributed by atoms with E-state index in [0.29, 0.717) is 0 Å². The molecule has 0 unspecified atom stereocenters. The van der Waals surface area contributed by atoms with Crippen molar-refractivity contribution in [3.05, 3.63) is 29.6 Å². The molecule has 0 bridgehead atoms. The Morgan fingerprint density at radius 1 is 1.42 bits per heavy atom. The molecule has 1 aliphatic carbocycles. The first-order chi connectivity index (χ1) is 5.92. The Hall–Kier alpha value is -1.38. The van der Waals surface area contributed by atoms with Crippen LogP contribution in [-0.2, 0) is 6.42 Å². The minimum Gasteiger partial charge on any atom is -0.411 e. The summed E-state index contributed by atoms with van der Waals surface area (Å²) in [5.41, 5.74) is 2.83. The van der Waals surface area contributed by atoms with E-state index in [4.69, 9.17) is 5.21 Å². The van der Waals surface area contributed by atoms with Crippen molar-refractivity contribution in [2.24, 2.45) is 5.16 Å². The highest BCUT2D eigenvalue weighted by Gasteiger charge is 2.15. The Morgan fingerprint density at radius 2 is 2.33 bits per heavy atom. The molecule has 12 heavy (non-hydrogen) atoms. The Morgan fingerprint density at radius 3 is 3.17 bits per heavy atom. The first kappa shape index (κ1) is 7.28. The molecule has 0 aliphatic heterocycles. The Bertz CT molecular complexity index is 320. The van der Waals surface area contributed by atoms with Crippen LogP contribution in [0.2, 0.25) is 0 Å². The summed E-state index contributed by atoms with van der Waals surface area (Å²) in [6.07, 6.45) is 4.66. The minimum absolute atomic E-state index is 0.768. The smallest absolute Gasteiger partial charge is 0.0886 e. The van der Waals surface area contributed by atoms with E-state index in [2.05, 4.69) is 10.1 Å². The average molecular weight is 162 g/mol. The molecule has 0 saturated carbocycles. The lowest BCUT2D eigenvalue weighted by atomic mass is 9.94. The number of oxime groups is 1. The summed E-state index contributed by atoms with van der Waals surface area (Å²) < 4.78 is 0. The molecule has 3 heteroatoms. The first-order valence-corrected chi connectivity index (χ1v) is 4.07. The van der Waals surface area contributed by atoms with E-state index in [-0.39, 0.29) is 0 Å². The molecule has 1 aliphatic rings. The predicted octanol–water partition coefficient (Wildman–Crippen LogP) is 1.60. The van der Waals surface area contributed by atoms with Crippen molar-refractivity contribution >= 4 is 5.71 Å². The summed E-state index contributed by atoms with van der Waals surface area (Å²) in [4.78, 5) is 4.23. The summed E-state index contributed by atoms with van der Waals surface area (Å²) in [7, 11) is 0. The molecule has 62 valence electrons. The van der Waals surface area contributed by atoms with E-state index >= 15 is 0 Å². The van der Waals surface area contributed by atoms with Gasteiger partial charge in [-0.25, -0.2) is 0 Å². The van der Waals surface area contributed by atoms with Gasteiger partial charge in [0.05, 0.1) is 5.71 Å². The normalized spacial score (nSPS) is 19.2. The van der Waals surface area contributed by atoms with Gasteiger partial charge in [-0.3, -0.25) is 4.98 Å². The number of rotatable bonds is 0. The van der Waals surface area contributed by atoms with Gasteiger partial charge in [0, 0.05) is 17.5 Å². The highest BCUT2D eigenvalue weighted by Crippen LogP contribution is 2.18. The number of aryl methyl sites for hydroxylation is 1. The summed E-state index contributed by atoms with van der Waals surface area (Å²) in [5, 5.41) is 12.0. The molecule has 0 aromatic carbocycles. The predicted molar refractivity (Wildman–Crippen MR) is 45.5 cm³/mol. The number of aromatic nitrogens is 1. The van der Waals surface area contributed by atoms with Crippen LogP contribution in [0.3, 0.4) is 0 Å². The van der Waals surface area contributed by atoms with Gasteiger partial charge in [-0.15, -0.1) is 0 Å². The van der Waals surface area contributed by atoms with Crippen molar-refractivity contribution in [1.29, 1.82) is 0 Å². The topological polar surface area (TPSA) is 45.5 Å². The number of hydrogen-bond acceptors (Lipinski definition) is 3. The van der Waals surface area contributed by atoms with Gasteiger partial charge in [-0.05, 0) is 31.4 Å². The molecule has 0 saturated heterocycles. The third-order valence-electron chi connectivity index (χ3n) is 2.15. The maximum atomic E-state index is 8.70. The van der Waals surface area contributed by atoms with Crippen LogP contribution >= 0.6 is 0 Å². The van der Waals surface area contributed by atoms with Crippen LogP contribution in [0.4, 0.5) is 0 Å². The number of fused-ring (bicyclic) bond motifs is 1. The van der Waals surface area contributed by atoms with Crippen LogP contribution in [0.1, 0.15) is 24.1 Å². The van der Waals surface area contributed by atoms with Crippen molar-refractivity contribution in [2.75, 3.05) is 0 Å². The second-order valence-corrected chi connectivity index (χ2v) is 2.90. The summed E-state index contributed by atoms with van der Waals surface area (Å²) >= 11 is 0. The highest BCUT2D eigenvalue weighted by atomic mass is 16.4. The SMILES string of the molecule is O/N=C1/CCCc2ncccc21. The van der Waals surface area contributed by atoms with Crippen molar-refractivity contribution in [3.8, 4) is 0 Å². The molecule has 0 amide bonds. The lowest BCUT2D eigenvalue weighted by molar-refractivity contribution is 0.317. The van der Waals surface area contributed by atoms with Gasteiger partial charge in [-0.2, -0.15) is 0 Å². The van der Waals surface area contributed by atoms with Gasteiger partial charge in [-0.1, -0.05) is 5.16 Å². The molecule has 0 fully saturated rings. The Labute approximate surface area is 70.7 Å². The van der Waals surface area contributed by atoms with Crippen molar-refractivity contribution in [2.45, 2.75) is 19.3 Å². The quantitative estimate of drug-likeness (QED) is 0.465. The third kappa shape index (κ3) is 1.07.